The molecule has 0 saturated carbocycles. The Balaban J connectivity index is 1.70. The fourth-order valence-corrected chi connectivity index (χ4v) is 3.67. The number of nitrogens with one attached hydrogen (secondary N) is 2. The molecule has 0 bridgehead atoms. The van der Waals surface area contributed by atoms with Crippen LogP contribution < -0.4 is 10.2 Å². The first-order valence-electron chi connectivity index (χ1n) is 6.35. The van der Waals surface area contributed by atoms with Crippen molar-refractivity contribution < 1.29 is 0 Å². The third kappa shape index (κ3) is 2.42. The van der Waals surface area contributed by atoms with E-state index in [1.165, 1.54) is 18.6 Å². The molecule has 3 heterocycles. The van der Waals surface area contributed by atoms with Gasteiger partial charge in [0.25, 0.3) is 0 Å². The lowest BCUT2D eigenvalue weighted by molar-refractivity contribution is 0.479. The first kappa shape index (κ1) is 11.3. The van der Waals surface area contributed by atoms with Crippen LogP contribution in [0.3, 0.4) is 0 Å². The van der Waals surface area contributed by atoms with E-state index in [2.05, 4.69) is 32.3 Å². The Labute approximate surface area is 106 Å². The second kappa shape index (κ2) is 4.86. The van der Waals surface area contributed by atoms with Crippen molar-refractivity contribution in [3.63, 3.8) is 0 Å². The molecular formula is C11H19N5S. The maximum Gasteiger partial charge on any atom is 0.244 e. The minimum atomic E-state index is 0.520. The van der Waals surface area contributed by atoms with Gasteiger partial charge in [-0.1, -0.05) is 0 Å². The summed E-state index contributed by atoms with van der Waals surface area (Å²) in [6.07, 6.45) is 2.54. The fraction of sp³-hybridized carbons (Fsp3) is 0.818. The predicted octanol–water partition coefficient (Wildman–Crippen LogP) is 1.17. The van der Waals surface area contributed by atoms with Crippen molar-refractivity contribution >= 4 is 17.7 Å². The zero-order valence-corrected chi connectivity index (χ0v) is 11.0. The highest BCUT2D eigenvalue weighted by atomic mass is 32.2. The average molecular weight is 253 g/mol. The van der Waals surface area contributed by atoms with Crippen molar-refractivity contribution in [1.82, 2.24) is 20.5 Å². The standard InChI is InChI=1S/C11H19N5S/c1-8-7-16(5-4-12-8)11-13-10(14-15-11)9-3-2-6-17-9/h8-9,12H,2-7H2,1H3,(H,13,14,15)/t8-,9?/m0/s1. The molecule has 2 aliphatic rings. The Hall–Kier alpha value is -0.750. The summed E-state index contributed by atoms with van der Waals surface area (Å²) in [5.74, 6) is 3.19. The Bertz CT molecular complexity index is 374. The molecule has 3 rings (SSSR count). The summed E-state index contributed by atoms with van der Waals surface area (Å²) >= 11 is 1.99. The van der Waals surface area contributed by atoms with Gasteiger partial charge >= 0.3 is 0 Å². The second-order valence-electron chi connectivity index (χ2n) is 4.82. The van der Waals surface area contributed by atoms with Crippen LogP contribution >= 0.6 is 11.8 Å². The number of anilines is 1. The zero-order chi connectivity index (χ0) is 11.7. The van der Waals surface area contributed by atoms with E-state index in [1.54, 1.807) is 0 Å². The van der Waals surface area contributed by atoms with Gasteiger partial charge in [-0.3, -0.25) is 5.10 Å². The molecule has 1 aromatic rings. The number of aromatic amines is 1. The van der Waals surface area contributed by atoms with Gasteiger partial charge in [-0.15, -0.1) is 5.10 Å². The summed E-state index contributed by atoms with van der Waals surface area (Å²) in [6.45, 7) is 5.21. The van der Waals surface area contributed by atoms with Crippen molar-refractivity contribution in [3.8, 4) is 0 Å². The molecule has 1 unspecified atom stereocenters. The molecule has 1 aromatic heterocycles. The van der Waals surface area contributed by atoms with Crippen molar-refractivity contribution in [3.05, 3.63) is 5.82 Å². The van der Waals surface area contributed by atoms with Gasteiger partial charge in [0.2, 0.25) is 5.95 Å². The zero-order valence-electron chi connectivity index (χ0n) is 10.1. The Morgan fingerprint density at radius 3 is 3.18 bits per heavy atom. The van der Waals surface area contributed by atoms with Gasteiger partial charge in [-0.2, -0.15) is 16.7 Å². The van der Waals surface area contributed by atoms with Gasteiger partial charge in [-0.25, -0.2) is 0 Å². The minimum absolute atomic E-state index is 0.520. The summed E-state index contributed by atoms with van der Waals surface area (Å²) in [6, 6.07) is 0.520. The molecule has 17 heavy (non-hydrogen) atoms. The second-order valence-corrected chi connectivity index (χ2v) is 6.13. The van der Waals surface area contributed by atoms with Gasteiger partial charge in [0.1, 0.15) is 5.82 Å². The SMILES string of the molecule is C[C@H]1CN(c2n[nH]c(C3CCCS3)n2)CCN1. The number of nitrogens with zero attached hydrogens (tertiary/aromatic N) is 3. The summed E-state index contributed by atoms with van der Waals surface area (Å²) in [7, 11) is 0. The molecule has 0 aromatic carbocycles. The van der Waals surface area contributed by atoms with Crippen LogP contribution in [-0.2, 0) is 0 Å². The Morgan fingerprint density at radius 1 is 1.47 bits per heavy atom. The number of hydrogen-bond donors (Lipinski definition) is 2. The number of hydrogen-bond acceptors (Lipinski definition) is 5. The third-order valence-electron chi connectivity index (χ3n) is 3.38. The van der Waals surface area contributed by atoms with Gasteiger partial charge in [0.05, 0.1) is 5.25 Å². The molecule has 2 atom stereocenters. The maximum absolute atomic E-state index is 4.66. The summed E-state index contributed by atoms with van der Waals surface area (Å²) in [5.41, 5.74) is 0. The molecule has 94 valence electrons. The normalized spacial score (nSPS) is 29.8. The third-order valence-corrected chi connectivity index (χ3v) is 4.76. The first-order valence-corrected chi connectivity index (χ1v) is 7.40. The molecule has 0 radical (unpaired) electrons. The summed E-state index contributed by atoms with van der Waals surface area (Å²) in [5, 5.41) is 11.5. The molecule has 0 amide bonds. The van der Waals surface area contributed by atoms with E-state index in [0.717, 1.165) is 31.4 Å². The van der Waals surface area contributed by atoms with Crippen LogP contribution in [-0.4, -0.2) is 46.6 Å². The number of piperazine rings is 1. The van der Waals surface area contributed by atoms with Crippen molar-refractivity contribution in [2.75, 3.05) is 30.3 Å². The fourth-order valence-electron chi connectivity index (χ4n) is 2.46. The van der Waals surface area contributed by atoms with Gasteiger partial charge in [-0.05, 0) is 25.5 Å². The first-order chi connectivity index (χ1) is 8.33. The lowest BCUT2D eigenvalue weighted by atomic mass is 10.2. The Morgan fingerprint density at radius 2 is 2.41 bits per heavy atom. The highest BCUT2D eigenvalue weighted by Crippen LogP contribution is 2.38. The summed E-state index contributed by atoms with van der Waals surface area (Å²) < 4.78 is 0. The Kier molecular flexibility index (Phi) is 3.24. The van der Waals surface area contributed by atoms with Gasteiger partial charge in [0, 0.05) is 25.7 Å². The van der Waals surface area contributed by atoms with E-state index in [-0.39, 0.29) is 0 Å². The van der Waals surface area contributed by atoms with Crippen LogP contribution in [0.25, 0.3) is 0 Å². The molecule has 0 aliphatic carbocycles. The average Bonchev–Trinajstić information content (AvgIpc) is 3.00. The number of rotatable bonds is 2. The van der Waals surface area contributed by atoms with E-state index in [1.807, 2.05) is 11.8 Å². The highest BCUT2D eigenvalue weighted by Gasteiger charge is 2.24. The monoisotopic (exact) mass is 253 g/mol. The minimum Gasteiger partial charge on any atom is -0.337 e. The maximum atomic E-state index is 4.66. The van der Waals surface area contributed by atoms with Crippen molar-refractivity contribution in [2.24, 2.45) is 0 Å². The smallest absolute Gasteiger partial charge is 0.244 e. The molecule has 0 spiro atoms. The number of H-pyrrole nitrogens is 1. The van der Waals surface area contributed by atoms with Crippen LogP contribution in [0.4, 0.5) is 5.95 Å². The lowest BCUT2D eigenvalue weighted by Gasteiger charge is -2.30. The topological polar surface area (TPSA) is 56.8 Å². The lowest BCUT2D eigenvalue weighted by Crippen LogP contribution is -2.49. The van der Waals surface area contributed by atoms with Crippen molar-refractivity contribution in [2.45, 2.75) is 31.1 Å². The highest BCUT2D eigenvalue weighted by molar-refractivity contribution is 7.99. The largest absolute Gasteiger partial charge is 0.337 e. The van der Waals surface area contributed by atoms with Crippen LogP contribution in [0, 0.1) is 0 Å². The molecule has 2 saturated heterocycles. The molecule has 2 fully saturated rings. The quantitative estimate of drug-likeness (QED) is 0.828. The van der Waals surface area contributed by atoms with Crippen LogP contribution in [0.15, 0.2) is 0 Å². The van der Waals surface area contributed by atoms with E-state index >= 15 is 0 Å². The summed E-state index contributed by atoms with van der Waals surface area (Å²) in [4.78, 5) is 6.93. The number of thioether (sulfide) groups is 1. The van der Waals surface area contributed by atoms with Crippen LogP contribution in [0.5, 0.6) is 0 Å². The van der Waals surface area contributed by atoms with E-state index in [9.17, 15) is 0 Å². The molecule has 5 nitrogen and oxygen atoms in total. The van der Waals surface area contributed by atoms with Gasteiger partial charge in [0.15, 0.2) is 0 Å². The number of aromatic nitrogens is 3. The van der Waals surface area contributed by atoms with E-state index in [0.29, 0.717) is 11.3 Å². The molecule has 6 heteroatoms. The molecular weight excluding hydrogens is 234 g/mol. The molecule has 2 aliphatic heterocycles. The predicted molar refractivity (Wildman–Crippen MR) is 70.5 cm³/mol. The van der Waals surface area contributed by atoms with E-state index in [4.69, 9.17) is 0 Å². The van der Waals surface area contributed by atoms with Crippen LogP contribution in [0.2, 0.25) is 0 Å². The van der Waals surface area contributed by atoms with E-state index < -0.39 is 0 Å². The van der Waals surface area contributed by atoms with Gasteiger partial charge < -0.3 is 10.2 Å². The van der Waals surface area contributed by atoms with Crippen LogP contribution in [0.1, 0.15) is 30.8 Å². The van der Waals surface area contributed by atoms with Crippen molar-refractivity contribution in [1.29, 1.82) is 0 Å². The molecule has 2 N–H and O–H groups in total.